The molecule has 1 atom stereocenters. The monoisotopic (exact) mass is 571 g/mol. The minimum absolute atomic E-state index is 0.0439. The zero-order chi connectivity index (χ0) is 29.1. The van der Waals surface area contributed by atoms with Gasteiger partial charge in [0.2, 0.25) is 0 Å². The number of amides is 1. The fourth-order valence-electron chi connectivity index (χ4n) is 5.91. The van der Waals surface area contributed by atoms with Crippen LogP contribution in [-0.2, 0) is 23.2 Å². The number of hydrogen-bond acceptors (Lipinski definition) is 6. The number of aliphatic hydroxyl groups excluding tert-OH is 1. The molecule has 3 aliphatic rings. The number of aromatic amines is 1. The molecule has 0 radical (unpaired) electrons. The van der Waals surface area contributed by atoms with E-state index in [1.807, 2.05) is 18.2 Å². The first-order valence-corrected chi connectivity index (χ1v) is 13.9. The summed E-state index contributed by atoms with van der Waals surface area (Å²) < 4.78 is 35.9. The van der Waals surface area contributed by atoms with Crippen LogP contribution in [0.4, 0.5) is 8.78 Å². The highest BCUT2D eigenvalue weighted by atomic mass is 19.3. The van der Waals surface area contributed by atoms with Gasteiger partial charge in [-0.1, -0.05) is 54.6 Å². The summed E-state index contributed by atoms with van der Waals surface area (Å²) in [7, 11) is 0. The Kier molecular flexibility index (Phi) is 6.12. The molecule has 7 rings (SSSR count). The van der Waals surface area contributed by atoms with Crippen molar-refractivity contribution in [3.8, 4) is 22.6 Å². The summed E-state index contributed by atoms with van der Waals surface area (Å²) in [5.41, 5.74) is 3.20. The molecular formula is C32H27F2N3O5. The Hall–Kier alpha value is -4.57. The number of nitrogens with zero attached hydrogens (tertiary/aromatic N) is 2. The Morgan fingerprint density at radius 3 is 2.52 bits per heavy atom. The average Bonchev–Trinajstić information content (AvgIpc) is 3.77. The maximum atomic E-state index is 13.5. The zero-order valence-electron chi connectivity index (χ0n) is 22.5. The lowest BCUT2D eigenvalue weighted by atomic mass is 9.94. The minimum Gasteiger partial charge on any atom is -0.395 e. The van der Waals surface area contributed by atoms with Crippen LogP contribution < -0.4 is 15.0 Å². The van der Waals surface area contributed by atoms with E-state index >= 15 is 0 Å². The largest absolute Gasteiger partial charge is 0.586 e. The number of carbonyl (C=O) groups excluding carboxylic acids is 1. The fourth-order valence-corrected chi connectivity index (χ4v) is 5.91. The Labute approximate surface area is 239 Å². The summed E-state index contributed by atoms with van der Waals surface area (Å²) in [5, 5.41) is 11.1. The molecule has 3 heterocycles. The number of H-pyrrole nitrogens is 1. The summed E-state index contributed by atoms with van der Waals surface area (Å²) in [6.07, 6.45) is -2.24. The van der Waals surface area contributed by atoms with E-state index in [9.17, 15) is 23.5 Å². The molecule has 0 bridgehead atoms. The van der Waals surface area contributed by atoms with Crippen molar-refractivity contribution < 1.29 is 28.2 Å². The Morgan fingerprint density at radius 1 is 0.976 bits per heavy atom. The first-order valence-electron chi connectivity index (χ1n) is 13.9. The highest BCUT2D eigenvalue weighted by Gasteiger charge is 2.48. The molecule has 42 heavy (non-hydrogen) atoms. The van der Waals surface area contributed by atoms with Gasteiger partial charge in [0.15, 0.2) is 17.6 Å². The van der Waals surface area contributed by atoms with Gasteiger partial charge in [-0.25, -0.2) is 4.98 Å². The molecule has 1 saturated carbocycles. The van der Waals surface area contributed by atoms with Crippen molar-refractivity contribution in [3.63, 3.8) is 0 Å². The second-order valence-electron chi connectivity index (χ2n) is 11.0. The molecule has 2 N–H and O–H groups in total. The van der Waals surface area contributed by atoms with Crippen LogP contribution in [-0.4, -0.2) is 38.7 Å². The van der Waals surface area contributed by atoms with Gasteiger partial charge in [-0.3, -0.25) is 9.59 Å². The van der Waals surface area contributed by atoms with Crippen molar-refractivity contribution in [3.05, 3.63) is 111 Å². The molecule has 214 valence electrons. The van der Waals surface area contributed by atoms with Gasteiger partial charge in [-0.2, -0.15) is 0 Å². The third-order valence-corrected chi connectivity index (χ3v) is 8.30. The van der Waals surface area contributed by atoms with E-state index in [1.54, 1.807) is 30.3 Å². The summed E-state index contributed by atoms with van der Waals surface area (Å²) >= 11 is 0. The lowest BCUT2D eigenvalue weighted by Gasteiger charge is -2.24. The van der Waals surface area contributed by atoms with Crippen LogP contribution in [0.1, 0.15) is 53.6 Å². The number of aryl methyl sites for hydroxylation is 1. The van der Waals surface area contributed by atoms with Crippen LogP contribution >= 0.6 is 0 Å². The predicted molar refractivity (Wildman–Crippen MR) is 148 cm³/mol. The highest BCUT2D eigenvalue weighted by molar-refractivity contribution is 5.83. The fraction of sp³-hybridized carbons (Fsp3) is 0.281. The molecule has 1 aromatic heterocycles. The lowest BCUT2D eigenvalue weighted by molar-refractivity contribution is -0.286. The van der Waals surface area contributed by atoms with Crippen LogP contribution in [0, 0.1) is 0 Å². The predicted octanol–water partition coefficient (Wildman–Crippen LogP) is 4.85. The highest BCUT2D eigenvalue weighted by Crippen LogP contribution is 2.52. The van der Waals surface area contributed by atoms with Crippen LogP contribution in [0.2, 0.25) is 0 Å². The van der Waals surface area contributed by atoms with Gasteiger partial charge in [-0.05, 0) is 66.1 Å². The van der Waals surface area contributed by atoms with Crippen molar-refractivity contribution in [1.29, 1.82) is 0 Å². The second-order valence-corrected chi connectivity index (χ2v) is 11.0. The van der Waals surface area contributed by atoms with E-state index in [0.717, 1.165) is 18.4 Å². The van der Waals surface area contributed by atoms with Crippen LogP contribution in [0.15, 0.2) is 77.6 Å². The molecule has 1 amide bonds. The number of halogens is 2. The molecule has 1 aliphatic carbocycles. The van der Waals surface area contributed by atoms with Crippen LogP contribution in [0.25, 0.3) is 11.1 Å². The Bertz CT molecular complexity index is 1750. The van der Waals surface area contributed by atoms with Crippen LogP contribution in [0.5, 0.6) is 11.5 Å². The smallest absolute Gasteiger partial charge is 0.395 e. The van der Waals surface area contributed by atoms with E-state index in [2.05, 4.69) is 26.6 Å². The van der Waals surface area contributed by atoms with Gasteiger partial charge in [0.1, 0.15) is 5.82 Å². The van der Waals surface area contributed by atoms with E-state index in [-0.39, 0.29) is 29.0 Å². The molecule has 2 aliphatic heterocycles. The number of benzene rings is 3. The van der Waals surface area contributed by atoms with Gasteiger partial charge in [-0.15, -0.1) is 8.78 Å². The average molecular weight is 572 g/mol. The third-order valence-electron chi connectivity index (χ3n) is 8.30. The number of alkyl halides is 2. The van der Waals surface area contributed by atoms with Gasteiger partial charge in [0.05, 0.1) is 23.2 Å². The number of fused-ring (bicyclic) bond motifs is 2. The standard InChI is InChI=1S/C32H27F2N3O5/c33-32(34)41-25-12-11-20(17-26(25)42-32)19-6-4-7-21(16-19)27(38)29(40)37-15-5-10-24-23(18-37)28(39)36-30(35-24)31(13-14-31)22-8-2-1-3-9-22/h1-4,6-9,11-12,16-17,27,38H,5,10,13-15,18H2,(H,35,36,39). The lowest BCUT2D eigenvalue weighted by Crippen LogP contribution is -2.36. The van der Waals surface area contributed by atoms with Gasteiger partial charge in [0, 0.05) is 6.54 Å². The number of aliphatic hydroxyl groups is 1. The van der Waals surface area contributed by atoms with Crippen LogP contribution in [0.3, 0.4) is 0 Å². The summed E-state index contributed by atoms with van der Waals surface area (Å²) in [6, 6.07) is 21.1. The topological polar surface area (TPSA) is 105 Å². The van der Waals surface area contributed by atoms with Crippen molar-refractivity contribution in [2.24, 2.45) is 0 Å². The Morgan fingerprint density at radius 2 is 1.74 bits per heavy atom. The summed E-state index contributed by atoms with van der Waals surface area (Å²) in [5.74, 6) is -0.0280. The second kappa shape index (κ2) is 9.77. The first kappa shape index (κ1) is 26.3. The number of rotatable bonds is 5. The summed E-state index contributed by atoms with van der Waals surface area (Å²) in [4.78, 5) is 36.2. The first-order chi connectivity index (χ1) is 20.2. The molecule has 0 saturated heterocycles. The van der Waals surface area contributed by atoms with Gasteiger partial charge < -0.3 is 24.5 Å². The van der Waals surface area contributed by atoms with E-state index in [4.69, 9.17) is 4.98 Å². The van der Waals surface area contributed by atoms with E-state index < -0.39 is 18.3 Å². The van der Waals surface area contributed by atoms with E-state index in [1.165, 1.54) is 17.0 Å². The molecule has 8 nitrogen and oxygen atoms in total. The molecular weight excluding hydrogens is 544 g/mol. The maximum absolute atomic E-state index is 13.5. The molecule has 0 spiro atoms. The van der Waals surface area contributed by atoms with Crippen molar-refractivity contribution in [1.82, 2.24) is 14.9 Å². The van der Waals surface area contributed by atoms with E-state index in [0.29, 0.717) is 53.2 Å². The minimum atomic E-state index is -3.72. The molecule has 1 unspecified atom stereocenters. The molecule has 4 aromatic rings. The number of nitrogens with one attached hydrogen (secondary N) is 1. The molecule has 10 heteroatoms. The van der Waals surface area contributed by atoms with Crippen molar-refractivity contribution >= 4 is 5.91 Å². The SMILES string of the molecule is O=C(C(O)c1cccc(-c2ccc3c(c2)OC(F)(F)O3)c1)N1CCCc2nc(C3(c4ccccc4)CC3)[nH]c(=O)c2C1. The number of ether oxygens (including phenoxy) is 2. The quantitative estimate of drug-likeness (QED) is 0.355. The third kappa shape index (κ3) is 4.61. The number of carbonyl (C=O) groups is 1. The molecule has 3 aromatic carbocycles. The van der Waals surface area contributed by atoms with Gasteiger partial charge >= 0.3 is 6.29 Å². The maximum Gasteiger partial charge on any atom is 0.586 e. The number of hydrogen-bond donors (Lipinski definition) is 2. The van der Waals surface area contributed by atoms with Crippen molar-refractivity contribution in [2.75, 3.05) is 6.54 Å². The van der Waals surface area contributed by atoms with Gasteiger partial charge in [0.25, 0.3) is 11.5 Å². The molecule has 1 fully saturated rings. The summed E-state index contributed by atoms with van der Waals surface area (Å²) in [6.45, 7) is 0.406. The normalized spacial score (nSPS) is 18.6. The zero-order valence-corrected chi connectivity index (χ0v) is 22.5. The number of aromatic nitrogens is 2. The van der Waals surface area contributed by atoms with Crippen molar-refractivity contribution in [2.45, 2.75) is 50.0 Å². The Balaban J connectivity index is 1.12.